The fraction of sp³-hybridized carbons (Fsp3) is 0.357. The Morgan fingerprint density at radius 3 is 2.30 bits per heavy atom. The smallest absolute Gasteiger partial charge is 0.342 e. The summed E-state index contributed by atoms with van der Waals surface area (Å²) < 4.78 is 35.4. The van der Waals surface area contributed by atoms with E-state index in [9.17, 15) is 14.2 Å². The molecule has 200 valence electrons. The average Bonchev–Trinajstić information content (AvgIpc) is 2.81. The van der Waals surface area contributed by atoms with Crippen LogP contribution in [-0.4, -0.2) is 37.5 Å². The van der Waals surface area contributed by atoms with Crippen molar-refractivity contribution in [1.82, 2.24) is 5.09 Å². The fourth-order valence-corrected chi connectivity index (χ4v) is 5.30. The molecule has 8 nitrogen and oxygen atoms in total. The molecule has 0 saturated carbocycles. The molecular weight excluding hydrogens is 493 g/mol. The van der Waals surface area contributed by atoms with Crippen LogP contribution in [0.3, 0.4) is 0 Å². The largest absolute Gasteiger partial charge is 0.462 e. The van der Waals surface area contributed by atoms with E-state index in [0.29, 0.717) is 29.9 Å². The fourth-order valence-electron chi connectivity index (χ4n) is 3.59. The number of esters is 2. The Bertz CT molecular complexity index is 1180. The molecule has 1 unspecified atom stereocenters. The van der Waals surface area contributed by atoms with E-state index >= 15 is 0 Å². The summed E-state index contributed by atoms with van der Waals surface area (Å²) in [5.74, 6) is -0.213. The van der Waals surface area contributed by atoms with Gasteiger partial charge in [-0.1, -0.05) is 24.3 Å². The number of allylic oxidation sites excluding steroid dienone is 2. The van der Waals surface area contributed by atoms with Gasteiger partial charge in [-0.25, -0.2) is 5.09 Å². The number of rotatable bonds is 14. The summed E-state index contributed by atoms with van der Waals surface area (Å²) in [5, 5.41) is 2.76. The third kappa shape index (κ3) is 9.01. The Kier molecular flexibility index (Phi) is 11.3. The highest BCUT2D eigenvalue weighted by molar-refractivity contribution is 7.57. The third-order valence-electron chi connectivity index (χ3n) is 5.05. The van der Waals surface area contributed by atoms with Gasteiger partial charge in [0.15, 0.2) is 0 Å². The van der Waals surface area contributed by atoms with E-state index in [-0.39, 0.29) is 12.5 Å². The Hall–Kier alpha value is -3.19. The number of carbonyl (C=O) groups is 2. The lowest BCUT2D eigenvalue weighted by atomic mass is 9.97. The molecule has 0 heterocycles. The zero-order valence-corrected chi connectivity index (χ0v) is 23.0. The van der Waals surface area contributed by atoms with Gasteiger partial charge in [0.25, 0.3) is 0 Å². The zero-order chi connectivity index (χ0) is 27.6. The number of hydrogen-bond donors (Lipinski definition) is 1. The summed E-state index contributed by atoms with van der Waals surface area (Å²) in [6, 6.07) is 10.0. The first-order valence-corrected chi connectivity index (χ1v) is 13.7. The van der Waals surface area contributed by atoms with Crippen LogP contribution < -0.4 is 14.3 Å². The summed E-state index contributed by atoms with van der Waals surface area (Å²) >= 11 is 0. The number of ether oxygens (including phenoxy) is 3. The molecule has 9 heteroatoms. The minimum absolute atomic E-state index is 0.262. The van der Waals surface area contributed by atoms with Gasteiger partial charge in [-0.3, -0.25) is 14.2 Å². The van der Waals surface area contributed by atoms with Crippen molar-refractivity contribution < 1.29 is 32.9 Å². The summed E-state index contributed by atoms with van der Waals surface area (Å²) in [7, 11) is -2.27. The van der Waals surface area contributed by atoms with Gasteiger partial charge in [0, 0.05) is 19.6 Å². The maximum atomic E-state index is 13.6. The molecule has 0 aliphatic carbocycles. The molecule has 0 aliphatic heterocycles. The number of nitrogens with one attached hydrogen (secondary N) is 1. The van der Waals surface area contributed by atoms with Gasteiger partial charge in [-0.05, 0) is 74.6 Å². The minimum Gasteiger partial charge on any atom is -0.462 e. The van der Waals surface area contributed by atoms with Crippen molar-refractivity contribution in [3.05, 3.63) is 72.8 Å². The molecule has 2 aromatic carbocycles. The lowest BCUT2D eigenvalue weighted by Gasteiger charge is -2.24. The number of hydrogen-bond acceptors (Lipinski definition) is 7. The lowest BCUT2D eigenvalue weighted by molar-refractivity contribution is -0.149. The summed E-state index contributed by atoms with van der Waals surface area (Å²) in [6.45, 7) is 14.0. The van der Waals surface area contributed by atoms with Crippen molar-refractivity contribution in [2.24, 2.45) is 0 Å². The maximum absolute atomic E-state index is 13.6. The van der Waals surface area contributed by atoms with E-state index in [1.807, 2.05) is 18.2 Å². The van der Waals surface area contributed by atoms with Gasteiger partial charge in [-0.15, -0.1) is 13.2 Å². The van der Waals surface area contributed by atoms with Crippen molar-refractivity contribution in [1.29, 1.82) is 0 Å². The second-order valence-corrected chi connectivity index (χ2v) is 10.8. The SMILES string of the molecule is C=CCc1ccc(OC(C)=O)c(-c2ccc(OP(=O)(COC)N[C@@H](C)C(=O)OC(C)C)c(CC=C)c2)c1. The molecule has 2 rings (SSSR count). The summed E-state index contributed by atoms with van der Waals surface area (Å²) in [4.78, 5) is 24.0. The molecule has 0 saturated heterocycles. The number of methoxy groups -OCH3 is 1. The van der Waals surface area contributed by atoms with Crippen LogP contribution >= 0.6 is 7.52 Å². The molecule has 1 N–H and O–H groups in total. The first-order valence-electron chi connectivity index (χ1n) is 11.9. The summed E-state index contributed by atoms with van der Waals surface area (Å²) in [5.41, 5.74) is 3.19. The van der Waals surface area contributed by atoms with Crippen molar-refractivity contribution in [2.75, 3.05) is 13.5 Å². The topological polar surface area (TPSA) is 100 Å². The maximum Gasteiger partial charge on any atom is 0.342 e. The van der Waals surface area contributed by atoms with Crippen LogP contribution in [0.25, 0.3) is 11.1 Å². The van der Waals surface area contributed by atoms with Gasteiger partial charge in [-0.2, -0.15) is 0 Å². The van der Waals surface area contributed by atoms with Crippen LogP contribution in [0.2, 0.25) is 0 Å². The van der Waals surface area contributed by atoms with Crippen molar-refractivity contribution >= 4 is 19.5 Å². The lowest BCUT2D eigenvalue weighted by Crippen LogP contribution is -2.36. The van der Waals surface area contributed by atoms with Crippen LogP contribution in [0.15, 0.2) is 61.7 Å². The van der Waals surface area contributed by atoms with E-state index in [4.69, 9.17) is 18.7 Å². The standard InChI is InChI=1S/C28H36NO7P/c1-8-10-22-12-14-27(35-21(6)30)25(16-22)23-13-15-26(24(17-23)11-9-2)36-37(32,18-33-7)29-20(5)28(31)34-19(3)4/h8-9,12-17,19-20H,1-2,10-11,18H2,3-7H3,(H,29,32)/t20-,37?/m0/s1. The van der Waals surface area contributed by atoms with Gasteiger partial charge in [0.1, 0.15) is 23.9 Å². The Labute approximate surface area is 219 Å². The van der Waals surface area contributed by atoms with E-state index in [1.165, 1.54) is 14.0 Å². The molecule has 0 fully saturated rings. The molecule has 37 heavy (non-hydrogen) atoms. The van der Waals surface area contributed by atoms with Crippen LogP contribution in [-0.2, 0) is 36.5 Å². The predicted molar refractivity (Wildman–Crippen MR) is 145 cm³/mol. The van der Waals surface area contributed by atoms with Gasteiger partial charge in [0.05, 0.1) is 6.10 Å². The highest BCUT2D eigenvalue weighted by atomic mass is 31.2. The van der Waals surface area contributed by atoms with E-state index < -0.39 is 25.5 Å². The molecule has 0 aromatic heterocycles. The van der Waals surface area contributed by atoms with Crippen molar-refractivity contribution in [3.8, 4) is 22.6 Å². The second kappa shape index (κ2) is 13.9. The average molecular weight is 530 g/mol. The predicted octanol–water partition coefficient (Wildman–Crippen LogP) is 5.84. The van der Waals surface area contributed by atoms with Crippen molar-refractivity contribution in [2.45, 2.75) is 52.7 Å². The summed E-state index contributed by atoms with van der Waals surface area (Å²) in [6.07, 6.45) is 3.98. The van der Waals surface area contributed by atoms with E-state index in [2.05, 4.69) is 18.2 Å². The van der Waals surface area contributed by atoms with Gasteiger partial charge >= 0.3 is 19.5 Å². The van der Waals surface area contributed by atoms with Crippen molar-refractivity contribution in [3.63, 3.8) is 0 Å². The van der Waals surface area contributed by atoms with Crippen LogP contribution in [0.5, 0.6) is 11.5 Å². The Balaban J connectivity index is 2.47. The molecule has 0 amide bonds. The molecular formula is C28H36NO7P. The third-order valence-corrected chi connectivity index (χ3v) is 6.92. The molecule has 0 bridgehead atoms. The highest BCUT2D eigenvalue weighted by Crippen LogP contribution is 2.45. The Morgan fingerprint density at radius 2 is 1.70 bits per heavy atom. The molecule has 2 aromatic rings. The first-order chi connectivity index (χ1) is 17.5. The quantitative estimate of drug-likeness (QED) is 0.141. The van der Waals surface area contributed by atoms with E-state index in [1.54, 1.807) is 51.1 Å². The number of carbonyl (C=O) groups excluding carboxylic acids is 2. The molecule has 0 spiro atoms. The minimum atomic E-state index is -3.67. The first kappa shape index (κ1) is 30.0. The monoisotopic (exact) mass is 529 g/mol. The van der Waals surface area contributed by atoms with Crippen LogP contribution in [0, 0.1) is 0 Å². The van der Waals surface area contributed by atoms with Gasteiger partial charge in [0.2, 0.25) is 0 Å². The van der Waals surface area contributed by atoms with Crippen LogP contribution in [0.4, 0.5) is 0 Å². The number of benzene rings is 2. The molecule has 0 radical (unpaired) electrons. The highest BCUT2D eigenvalue weighted by Gasteiger charge is 2.31. The van der Waals surface area contributed by atoms with E-state index in [0.717, 1.165) is 16.7 Å². The second-order valence-electron chi connectivity index (χ2n) is 8.75. The normalized spacial score (nSPS) is 13.4. The van der Waals surface area contributed by atoms with Gasteiger partial charge < -0.3 is 18.7 Å². The van der Waals surface area contributed by atoms with Crippen LogP contribution in [0.1, 0.15) is 38.8 Å². The molecule has 2 atom stereocenters. The molecule has 0 aliphatic rings. The zero-order valence-electron chi connectivity index (χ0n) is 22.1. The Morgan fingerprint density at radius 1 is 1.03 bits per heavy atom.